The summed E-state index contributed by atoms with van der Waals surface area (Å²) in [5.41, 5.74) is 7.18. The van der Waals surface area contributed by atoms with Crippen LogP contribution in [-0.4, -0.2) is 16.0 Å². The van der Waals surface area contributed by atoms with Crippen LogP contribution in [0.2, 0.25) is 0 Å². The molecular formula is C17H22N4O2. The van der Waals surface area contributed by atoms with Crippen LogP contribution < -0.4 is 11.1 Å². The predicted octanol–water partition coefficient (Wildman–Crippen LogP) is 2.48. The second-order valence-electron chi connectivity index (χ2n) is 6.17. The predicted molar refractivity (Wildman–Crippen MR) is 86.5 cm³/mol. The smallest absolute Gasteiger partial charge is 0.223 e. The summed E-state index contributed by atoms with van der Waals surface area (Å²) in [6.07, 6.45) is 4.84. The molecule has 6 nitrogen and oxygen atoms in total. The summed E-state index contributed by atoms with van der Waals surface area (Å²) >= 11 is 0. The van der Waals surface area contributed by atoms with Crippen molar-refractivity contribution in [2.75, 3.05) is 5.73 Å². The van der Waals surface area contributed by atoms with E-state index in [9.17, 15) is 4.79 Å². The lowest BCUT2D eigenvalue weighted by Gasteiger charge is -2.26. The van der Waals surface area contributed by atoms with Crippen LogP contribution in [0.5, 0.6) is 0 Å². The van der Waals surface area contributed by atoms with Gasteiger partial charge in [0.2, 0.25) is 11.8 Å². The van der Waals surface area contributed by atoms with Crippen molar-refractivity contribution >= 4 is 11.6 Å². The zero-order valence-electron chi connectivity index (χ0n) is 13.3. The molecule has 1 heterocycles. The molecule has 1 aliphatic rings. The molecule has 6 heteroatoms. The summed E-state index contributed by atoms with van der Waals surface area (Å²) < 4.78 is 5.10. The van der Waals surface area contributed by atoms with Crippen molar-refractivity contribution in [2.24, 2.45) is 0 Å². The quantitative estimate of drug-likeness (QED) is 0.827. The second-order valence-corrected chi connectivity index (χ2v) is 6.17. The number of hydrogen-bond acceptors (Lipinski definition) is 5. The Hall–Kier alpha value is -2.37. The largest absolute Gasteiger partial charge is 0.399 e. The SMILES string of the molecule is Cc1nc(C2(NC(=O)CCc3ccccc3N)CCCC2)no1. The number of carbonyl (C=O) groups is 1. The lowest BCUT2D eigenvalue weighted by atomic mass is 9.96. The molecule has 3 N–H and O–H groups in total. The van der Waals surface area contributed by atoms with Gasteiger partial charge in [0, 0.05) is 19.0 Å². The Balaban J connectivity index is 1.66. The van der Waals surface area contributed by atoms with Crippen molar-refractivity contribution < 1.29 is 9.32 Å². The summed E-state index contributed by atoms with van der Waals surface area (Å²) in [5, 5.41) is 7.18. The highest BCUT2D eigenvalue weighted by Gasteiger charge is 2.41. The molecule has 0 bridgehead atoms. The van der Waals surface area contributed by atoms with Crippen LogP contribution in [0.25, 0.3) is 0 Å². The number of benzene rings is 1. The number of rotatable bonds is 5. The maximum absolute atomic E-state index is 12.4. The first kappa shape index (κ1) is 15.5. The first-order valence-electron chi connectivity index (χ1n) is 8.04. The van der Waals surface area contributed by atoms with E-state index in [0.29, 0.717) is 24.6 Å². The van der Waals surface area contributed by atoms with Gasteiger partial charge in [0.05, 0.1) is 0 Å². The highest BCUT2D eigenvalue weighted by molar-refractivity contribution is 5.77. The van der Waals surface area contributed by atoms with Crippen LogP contribution in [0.15, 0.2) is 28.8 Å². The number of hydrogen-bond donors (Lipinski definition) is 2. The molecule has 23 heavy (non-hydrogen) atoms. The minimum Gasteiger partial charge on any atom is -0.399 e. The minimum atomic E-state index is -0.475. The Kier molecular flexibility index (Phi) is 4.32. The van der Waals surface area contributed by atoms with Crippen molar-refractivity contribution in [1.82, 2.24) is 15.5 Å². The molecule has 0 saturated heterocycles. The molecule has 1 aromatic carbocycles. The third kappa shape index (κ3) is 3.36. The minimum absolute atomic E-state index is 0.00222. The zero-order valence-corrected chi connectivity index (χ0v) is 13.3. The summed E-state index contributed by atoms with van der Waals surface area (Å²) in [7, 11) is 0. The van der Waals surface area contributed by atoms with E-state index < -0.39 is 5.54 Å². The molecule has 3 rings (SSSR count). The fourth-order valence-electron chi connectivity index (χ4n) is 3.22. The molecule has 0 radical (unpaired) electrons. The van der Waals surface area contributed by atoms with Gasteiger partial charge in [0.25, 0.3) is 0 Å². The van der Waals surface area contributed by atoms with Gasteiger partial charge in [-0.1, -0.05) is 36.2 Å². The normalized spacial score (nSPS) is 16.4. The topological polar surface area (TPSA) is 94.0 Å². The fourth-order valence-corrected chi connectivity index (χ4v) is 3.22. The third-order valence-electron chi connectivity index (χ3n) is 4.47. The van der Waals surface area contributed by atoms with E-state index in [1.165, 1.54) is 0 Å². The summed E-state index contributed by atoms with van der Waals surface area (Å²) in [6, 6.07) is 7.64. The van der Waals surface area contributed by atoms with Gasteiger partial charge < -0.3 is 15.6 Å². The van der Waals surface area contributed by atoms with Crippen molar-refractivity contribution in [3.05, 3.63) is 41.5 Å². The molecule has 2 aromatic rings. The monoisotopic (exact) mass is 314 g/mol. The molecule has 0 aliphatic heterocycles. The molecule has 0 atom stereocenters. The maximum atomic E-state index is 12.4. The Morgan fingerprint density at radius 2 is 2.09 bits per heavy atom. The van der Waals surface area contributed by atoms with Crippen LogP contribution in [0.4, 0.5) is 5.69 Å². The van der Waals surface area contributed by atoms with Gasteiger partial charge in [-0.05, 0) is 30.9 Å². The van der Waals surface area contributed by atoms with Crippen molar-refractivity contribution in [2.45, 2.75) is 51.0 Å². The number of aromatic nitrogens is 2. The molecule has 1 fully saturated rings. The average Bonchev–Trinajstić information content (AvgIpc) is 3.16. The molecule has 0 unspecified atom stereocenters. The number of carbonyl (C=O) groups excluding carboxylic acids is 1. The molecule has 0 spiro atoms. The van der Waals surface area contributed by atoms with E-state index in [1.54, 1.807) is 6.92 Å². The number of nitrogens with zero attached hydrogens (tertiary/aromatic N) is 2. The highest BCUT2D eigenvalue weighted by atomic mass is 16.5. The van der Waals surface area contributed by atoms with E-state index in [1.807, 2.05) is 24.3 Å². The second kappa shape index (κ2) is 6.40. The number of para-hydroxylation sites is 1. The number of nitrogen functional groups attached to an aromatic ring is 1. The van der Waals surface area contributed by atoms with Gasteiger partial charge in [0.1, 0.15) is 5.54 Å². The Labute approximate surface area is 135 Å². The van der Waals surface area contributed by atoms with Gasteiger partial charge in [-0.2, -0.15) is 4.98 Å². The van der Waals surface area contributed by atoms with E-state index in [0.717, 1.165) is 36.9 Å². The molecule has 1 amide bonds. The zero-order chi connectivity index (χ0) is 16.3. The Bertz CT molecular complexity index is 689. The third-order valence-corrected chi connectivity index (χ3v) is 4.47. The van der Waals surface area contributed by atoms with Crippen LogP contribution >= 0.6 is 0 Å². The first-order chi connectivity index (χ1) is 11.1. The van der Waals surface area contributed by atoms with E-state index >= 15 is 0 Å². The first-order valence-corrected chi connectivity index (χ1v) is 8.04. The molecule has 122 valence electrons. The number of amides is 1. The number of nitrogens with one attached hydrogen (secondary N) is 1. The van der Waals surface area contributed by atoms with Crippen molar-refractivity contribution in [3.63, 3.8) is 0 Å². The van der Waals surface area contributed by atoms with Crippen LogP contribution in [-0.2, 0) is 16.8 Å². The van der Waals surface area contributed by atoms with Crippen molar-refractivity contribution in [3.8, 4) is 0 Å². The van der Waals surface area contributed by atoms with E-state index in [2.05, 4.69) is 15.5 Å². The average molecular weight is 314 g/mol. The molecule has 1 aliphatic carbocycles. The van der Waals surface area contributed by atoms with Crippen molar-refractivity contribution in [1.29, 1.82) is 0 Å². The van der Waals surface area contributed by atoms with E-state index in [-0.39, 0.29) is 5.91 Å². The summed E-state index contributed by atoms with van der Waals surface area (Å²) in [6.45, 7) is 1.76. The maximum Gasteiger partial charge on any atom is 0.223 e. The lowest BCUT2D eigenvalue weighted by Crippen LogP contribution is -2.44. The standard InChI is InChI=1S/C17H22N4O2/c1-12-19-16(21-23-12)17(10-4-5-11-17)20-15(22)9-8-13-6-2-3-7-14(13)18/h2-3,6-7H,4-5,8-11,18H2,1H3,(H,20,22). The van der Waals surface area contributed by atoms with Gasteiger partial charge in [-0.25, -0.2) is 0 Å². The van der Waals surface area contributed by atoms with Gasteiger partial charge in [-0.15, -0.1) is 0 Å². The summed E-state index contributed by atoms with van der Waals surface area (Å²) in [4.78, 5) is 16.8. The number of aryl methyl sites for hydroxylation is 2. The lowest BCUT2D eigenvalue weighted by molar-refractivity contribution is -0.123. The van der Waals surface area contributed by atoms with E-state index in [4.69, 9.17) is 10.3 Å². The Morgan fingerprint density at radius 1 is 1.35 bits per heavy atom. The highest BCUT2D eigenvalue weighted by Crippen LogP contribution is 2.37. The fraction of sp³-hybridized carbons (Fsp3) is 0.471. The summed E-state index contributed by atoms with van der Waals surface area (Å²) in [5.74, 6) is 1.12. The van der Waals surface area contributed by atoms with Crippen LogP contribution in [0.1, 0.15) is 49.4 Å². The number of nitrogens with two attached hydrogens (primary N) is 1. The number of anilines is 1. The molecule has 1 aromatic heterocycles. The van der Waals surface area contributed by atoms with Gasteiger partial charge in [-0.3, -0.25) is 4.79 Å². The van der Waals surface area contributed by atoms with Crippen LogP contribution in [0, 0.1) is 6.92 Å². The molecule has 1 saturated carbocycles. The molecular weight excluding hydrogens is 292 g/mol. The Morgan fingerprint density at radius 3 is 2.74 bits per heavy atom. The van der Waals surface area contributed by atoms with Crippen LogP contribution in [0.3, 0.4) is 0 Å². The van der Waals surface area contributed by atoms with Gasteiger partial charge >= 0.3 is 0 Å². The van der Waals surface area contributed by atoms with Gasteiger partial charge in [0.15, 0.2) is 5.82 Å².